The summed E-state index contributed by atoms with van der Waals surface area (Å²) in [5.41, 5.74) is 2.23. The van der Waals surface area contributed by atoms with Gasteiger partial charge in [-0.05, 0) is 38.8 Å². The van der Waals surface area contributed by atoms with E-state index in [0.717, 1.165) is 18.5 Å². The summed E-state index contributed by atoms with van der Waals surface area (Å²) in [4.78, 5) is 4.47. The van der Waals surface area contributed by atoms with Crippen LogP contribution in [-0.4, -0.2) is 6.21 Å². The van der Waals surface area contributed by atoms with E-state index in [1.165, 1.54) is 5.57 Å². The molecule has 0 amide bonds. The smallest absolute Gasteiger partial charge is 0.0658 e. The fourth-order valence-electron chi connectivity index (χ4n) is 1.24. The summed E-state index contributed by atoms with van der Waals surface area (Å²) in [6, 6.07) is 0. The van der Waals surface area contributed by atoms with Crippen LogP contribution in [0.5, 0.6) is 0 Å². The number of unbranched alkanes of at least 4 members (excludes halogenated alkanes) is 1. The maximum Gasteiger partial charge on any atom is 0.0658 e. The first kappa shape index (κ1) is 14.6. The molecule has 0 aliphatic carbocycles. The zero-order valence-electron chi connectivity index (χ0n) is 10.9. The fourth-order valence-corrected chi connectivity index (χ4v) is 1.24. The average molecular weight is 217 g/mol. The Bertz CT molecular complexity index is 314. The molecule has 0 aromatic rings. The molecular weight excluding hydrogens is 194 g/mol. The first-order valence-corrected chi connectivity index (χ1v) is 5.95. The van der Waals surface area contributed by atoms with Gasteiger partial charge in [0.2, 0.25) is 0 Å². The number of hydrogen-bond acceptors (Lipinski definition) is 1. The van der Waals surface area contributed by atoms with Gasteiger partial charge in [-0.2, -0.15) is 0 Å². The molecule has 16 heavy (non-hydrogen) atoms. The Kier molecular flexibility index (Phi) is 9.29. The van der Waals surface area contributed by atoms with Gasteiger partial charge in [0.25, 0.3) is 0 Å². The Morgan fingerprint density at radius 2 is 1.88 bits per heavy atom. The van der Waals surface area contributed by atoms with E-state index >= 15 is 0 Å². The fraction of sp³-hybridized carbons (Fsp3) is 0.400. The average Bonchev–Trinajstić information content (AvgIpc) is 2.31. The van der Waals surface area contributed by atoms with E-state index in [2.05, 4.69) is 30.1 Å². The minimum Gasteiger partial charge on any atom is -0.257 e. The van der Waals surface area contributed by atoms with Gasteiger partial charge in [0, 0.05) is 6.21 Å². The first-order valence-electron chi connectivity index (χ1n) is 5.95. The molecule has 0 aliphatic heterocycles. The molecule has 0 bridgehead atoms. The molecule has 1 nitrogen and oxygen atoms in total. The normalized spacial score (nSPS) is 14.8. The Morgan fingerprint density at radius 3 is 2.38 bits per heavy atom. The molecule has 0 N–H and O–H groups in total. The third kappa shape index (κ3) is 6.18. The molecule has 0 rings (SSSR count). The highest BCUT2D eigenvalue weighted by atomic mass is 14.7. The van der Waals surface area contributed by atoms with Gasteiger partial charge < -0.3 is 0 Å². The lowest BCUT2D eigenvalue weighted by atomic mass is 10.1. The highest BCUT2D eigenvalue weighted by molar-refractivity contribution is 5.72. The molecule has 1 heteroatoms. The van der Waals surface area contributed by atoms with Crippen molar-refractivity contribution in [1.29, 1.82) is 0 Å². The Labute approximate surface area is 100.0 Å². The monoisotopic (exact) mass is 217 g/mol. The van der Waals surface area contributed by atoms with Crippen molar-refractivity contribution in [3.8, 4) is 0 Å². The van der Waals surface area contributed by atoms with Gasteiger partial charge in [-0.25, -0.2) is 0 Å². The topological polar surface area (TPSA) is 12.4 Å². The SMILES string of the molecule is C\C=C/C=N/C(=C/CCC)C(/C=C\C)=C/C. The van der Waals surface area contributed by atoms with Crippen LogP contribution in [0.3, 0.4) is 0 Å². The lowest BCUT2D eigenvalue weighted by Crippen LogP contribution is -1.84. The van der Waals surface area contributed by atoms with Gasteiger partial charge in [-0.1, -0.05) is 43.7 Å². The van der Waals surface area contributed by atoms with Crippen molar-refractivity contribution in [2.45, 2.75) is 40.5 Å². The molecule has 0 atom stereocenters. The van der Waals surface area contributed by atoms with E-state index in [1.807, 2.05) is 45.2 Å². The Balaban J connectivity index is 4.92. The van der Waals surface area contributed by atoms with Gasteiger partial charge in [-0.3, -0.25) is 4.99 Å². The Hall–Kier alpha value is -1.37. The largest absolute Gasteiger partial charge is 0.257 e. The van der Waals surface area contributed by atoms with Crippen molar-refractivity contribution in [2.24, 2.45) is 4.99 Å². The summed E-state index contributed by atoms with van der Waals surface area (Å²) < 4.78 is 0. The number of allylic oxidation sites excluding steroid dienone is 6. The van der Waals surface area contributed by atoms with Crippen LogP contribution in [-0.2, 0) is 0 Å². The number of rotatable bonds is 6. The molecule has 0 fully saturated rings. The molecular formula is C15H23N. The molecule has 0 saturated heterocycles. The summed E-state index contributed by atoms with van der Waals surface area (Å²) in [5, 5.41) is 0. The van der Waals surface area contributed by atoms with E-state index < -0.39 is 0 Å². The summed E-state index contributed by atoms with van der Waals surface area (Å²) in [7, 11) is 0. The summed E-state index contributed by atoms with van der Waals surface area (Å²) in [5.74, 6) is 0. The van der Waals surface area contributed by atoms with Crippen LogP contribution in [0, 0.1) is 0 Å². The van der Waals surface area contributed by atoms with Crippen molar-refractivity contribution in [2.75, 3.05) is 0 Å². The van der Waals surface area contributed by atoms with Gasteiger partial charge in [-0.15, -0.1) is 0 Å². The van der Waals surface area contributed by atoms with Crippen LogP contribution in [0.25, 0.3) is 0 Å². The second-order valence-corrected chi connectivity index (χ2v) is 3.43. The summed E-state index contributed by atoms with van der Waals surface area (Å²) in [6.07, 6.45) is 16.4. The lowest BCUT2D eigenvalue weighted by Gasteiger charge is -2.02. The molecule has 0 saturated carbocycles. The quantitative estimate of drug-likeness (QED) is 0.446. The van der Waals surface area contributed by atoms with Gasteiger partial charge in [0.1, 0.15) is 0 Å². The number of hydrogen-bond donors (Lipinski definition) is 0. The van der Waals surface area contributed by atoms with Crippen molar-refractivity contribution in [1.82, 2.24) is 0 Å². The van der Waals surface area contributed by atoms with Crippen LogP contribution in [0.1, 0.15) is 40.5 Å². The van der Waals surface area contributed by atoms with Crippen molar-refractivity contribution < 1.29 is 0 Å². The molecule has 0 heterocycles. The molecule has 88 valence electrons. The third-order valence-electron chi connectivity index (χ3n) is 2.07. The molecule has 0 aliphatic rings. The van der Waals surface area contributed by atoms with Crippen molar-refractivity contribution >= 4 is 6.21 Å². The highest BCUT2D eigenvalue weighted by Crippen LogP contribution is 2.14. The van der Waals surface area contributed by atoms with Crippen molar-refractivity contribution in [3.63, 3.8) is 0 Å². The zero-order valence-corrected chi connectivity index (χ0v) is 10.9. The Morgan fingerprint density at radius 1 is 1.12 bits per heavy atom. The van der Waals surface area contributed by atoms with Crippen LogP contribution < -0.4 is 0 Å². The standard InChI is InChI=1S/C15H23N/c1-5-9-12-15(16-13-10-6-2)14(8-4)11-7-3/h6-8,10-13H,5,9H2,1-4H3/b10-6-,11-7-,14-8+,15-12+,16-13+. The second-order valence-electron chi connectivity index (χ2n) is 3.43. The van der Waals surface area contributed by atoms with E-state index in [1.54, 1.807) is 0 Å². The van der Waals surface area contributed by atoms with E-state index in [-0.39, 0.29) is 0 Å². The van der Waals surface area contributed by atoms with Crippen LogP contribution in [0.2, 0.25) is 0 Å². The molecule has 0 aromatic heterocycles. The van der Waals surface area contributed by atoms with E-state index in [4.69, 9.17) is 0 Å². The van der Waals surface area contributed by atoms with Gasteiger partial charge >= 0.3 is 0 Å². The third-order valence-corrected chi connectivity index (χ3v) is 2.07. The zero-order chi connectivity index (χ0) is 12.2. The van der Waals surface area contributed by atoms with E-state index in [0.29, 0.717) is 0 Å². The lowest BCUT2D eigenvalue weighted by molar-refractivity contribution is 0.948. The highest BCUT2D eigenvalue weighted by Gasteiger charge is 1.97. The first-order chi connectivity index (χ1) is 7.79. The number of aliphatic imine (C=N–C) groups is 1. The predicted molar refractivity (Wildman–Crippen MR) is 74.9 cm³/mol. The maximum atomic E-state index is 4.47. The van der Waals surface area contributed by atoms with Gasteiger partial charge in [0.15, 0.2) is 0 Å². The molecule has 0 spiro atoms. The van der Waals surface area contributed by atoms with Crippen LogP contribution >= 0.6 is 0 Å². The van der Waals surface area contributed by atoms with Gasteiger partial charge in [0.05, 0.1) is 5.70 Å². The van der Waals surface area contributed by atoms with Crippen LogP contribution in [0.15, 0.2) is 52.7 Å². The maximum absolute atomic E-state index is 4.47. The second kappa shape index (κ2) is 10.2. The molecule has 0 unspecified atom stereocenters. The minimum atomic E-state index is 1.06. The minimum absolute atomic E-state index is 1.06. The molecule has 0 radical (unpaired) electrons. The number of nitrogens with zero attached hydrogens (tertiary/aromatic N) is 1. The summed E-state index contributed by atoms with van der Waals surface area (Å²) in [6.45, 7) is 8.23. The van der Waals surface area contributed by atoms with E-state index in [9.17, 15) is 0 Å². The van der Waals surface area contributed by atoms with Crippen LogP contribution in [0.4, 0.5) is 0 Å². The summed E-state index contributed by atoms with van der Waals surface area (Å²) >= 11 is 0. The molecule has 0 aromatic carbocycles. The van der Waals surface area contributed by atoms with Crippen molar-refractivity contribution in [3.05, 3.63) is 47.7 Å². The predicted octanol–water partition coefficient (Wildman–Crippen LogP) is 4.84.